The summed E-state index contributed by atoms with van der Waals surface area (Å²) in [6.07, 6.45) is 0.681. The van der Waals surface area contributed by atoms with Crippen LogP contribution < -0.4 is 4.90 Å². The number of rotatable bonds is 2. The van der Waals surface area contributed by atoms with Gasteiger partial charge in [-0.15, -0.1) is 10.2 Å². The highest BCUT2D eigenvalue weighted by atomic mass is 16.1. The van der Waals surface area contributed by atoms with Gasteiger partial charge in [0.2, 0.25) is 5.95 Å². The molecule has 1 aromatic rings. The van der Waals surface area contributed by atoms with Gasteiger partial charge in [0.05, 0.1) is 0 Å². The van der Waals surface area contributed by atoms with Crippen molar-refractivity contribution in [3.63, 3.8) is 0 Å². The molecule has 5 nitrogen and oxygen atoms in total. The molecule has 0 N–H and O–H groups in total. The van der Waals surface area contributed by atoms with Crippen molar-refractivity contribution in [1.29, 1.82) is 0 Å². The smallest absolute Gasteiger partial charge is 0.226 e. The monoisotopic (exact) mass is 154 g/mol. The first-order valence-electron chi connectivity index (χ1n) is 3.18. The molecule has 0 aliphatic carbocycles. The van der Waals surface area contributed by atoms with E-state index in [1.165, 1.54) is 0 Å². The molecule has 5 heteroatoms. The minimum Gasteiger partial charge on any atom is -0.347 e. The Hall–Kier alpha value is -1.39. The van der Waals surface area contributed by atoms with Gasteiger partial charge in [0.1, 0.15) is 0 Å². The van der Waals surface area contributed by atoms with Crippen LogP contribution in [0.1, 0.15) is 10.6 Å². The van der Waals surface area contributed by atoms with E-state index >= 15 is 0 Å². The van der Waals surface area contributed by atoms with Gasteiger partial charge >= 0.3 is 0 Å². The van der Waals surface area contributed by atoms with E-state index in [1.807, 2.05) is 14.1 Å². The number of nitrogens with zero attached hydrogens (tertiary/aromatic N) is 4. The maximum Gasteiger partial charge on any atom is 0.226 e. The van der Waals surface area contributed by atoms with Crippen LogP contribution in [0.5, 0.6) is 0 Å². The van der Waals surface area contributed by atoms with Crippen LogP contribution in [-0.4, -0.2) is 35.1 Å². The molecule has 0 fully saturated rings. The number of hydrogen-bond donors (Lipinski definition) is 0. The minimum absolute atomic E-state index is 0.341. The van der Waals surface area contributed by atoms with Gasteiger partial charge in [-0.2, -0.15) is 0 Å². The first kappa shape index (κ1) is 7.71. The van der Waals surface area contributed by atoms with E-state index in [9.17, 15) is 4.79 Å². The van der Waals surface area contributed by atoms with E-state index in [0.29, 0.717) is 18.1 Å². The van der Waals surface area contributed by atoms with Gasteiger partial charge < -0.3 is 4.90 Å². The van der Waals surface area contributed by atoms with E-state index in [2.05, 4.69) is 10.2 Å². The van der Waals surface area contributed by atoms with Crippen LogP contribution >= 0.6 is 0 Å². The second-order valence-corrected chi connectivity index (χ2v) is 2.43. The fourth-order valence-corrected chi connectivity index (χ4v) is 0.825. The fraction of sp³-hybridized carbons (Fsp3) is 0.500. The maximum atomic E-state index is 10.3. The molecule has 0 unspecified atom stereocenters. The van der Waals surface area contributed by atoms with Crippen molar-refractivity contribution >= 4 is 12.2 Å². The Morgan fingerprint density at radius 3 is 2.36 bits per heavy atom. The molecule has 11 heavy (non-hydrogen) atoms. The van der Waals surface area contributed by atoms with Gasteiger partial charge in [0.15, 0.2) is 12.1 Å². The lowest BCUT2D eigenvalue weighted by Crippen LogP contribution is -2.14. The lowest BCUT2D eigenvalue weighted by molar-refractivity contribution is 0.111. The van der Waals surface area contributed by atoms with Crippen LogP contribution in [0.3, 0.4) is 0 Å². The largest absolute Gasteiger partial charge is 0.347 e. The zero-order valence-corrected chi connectivity index (χ0v) is 6.77. The minimum atomic E-state index is 0.341. The third kappa shape index (κ3) is 1.21. The fourth-order valence-electron chi connectivity index (χ4n) is 0.825. The van der Waals surface area contributed by atoms with Gasteiger partial charge in [-0.1, -0.05) is 0 Å². The van der Waals surface area contributed by atoms with Crippen molar-refractivity contribution in [2.24, 2.45) is 7.05 Å². The first-order valence-corrected chi connectivity index (χ1v) is 3.18. The van der Waals surface area contributed by atoms with Gasteiger partial charge in [-0.3, -0.25) is 9.36 Å². The maximum absolute atomic E-state index is 10.3. The highest BCUT2D eigenvalue weighted by molar-refractivity contribution is 5.69. The standard InChI is InChI=1S/C6H10N4O/c1-9(2)6-8-7-5(4-11)10(6)3/h4H,1-3H3. The summed E-state index contributed by atoms with van der Waals surface area (Å²) in [5.41, 5.74) is 0. The number of aldehydes is 1. The SMILES string of the molecule is CN(C)c1nnc(C=O)n1C. The van der Waals surface area contributed by atoms with Gasteiger partial charge in [-0.25, -0.2) is 0 Å². The molecule has 0 saturated heterocycles. The Kier molecular flexibility index (Phi) is 1.89. The number of anilines is 1. The summed E-state index contributed by atoms with van der Waals surface area (Å²) in [7, 11) is 5.44. The quantitative estimate of drug-likeness (QED) is 0.548. The third-order valence-electron chi connectivity index (χ3n) is 1.39. The second kappa shape index (κ2) is 2.69. The van der Waals surface area contributed by atoms with E-state index < -0.39 is 0 Å². The molecule has 0 spiro atoms. The Labute approximate surface area is 64.6 Å². The molecule has 0 saturated carbocycles. The van der Waals surface area contributed by atoms with Gasteiger partial charge in [0, 0.05) is 21.1 Å². The normalized spacial score (nSPS) is 9.73. The van der Waals surface area contributed by atoms with E-state index in [4.69, 9.17) is 0 Å². The Balaban J connectivity index is 3.10. The highest BCUT2D eigenvalue weighted by Crippen LogP contribution is 2.05. The van der Waals surface area contributed by atoms with Crippen LogP contribution in [0.2, 0.25) is 0 Å². The zero-order valence-electron chi connectivity index (χ0n) is 6.77. The molecule has 0 radical (unpaired) electrons. The summed E-state index contributed by atoms with van der Waals surface area (Å²) in [5, 5.41) is 7.45. The molecule has 0 aliphatic heterocycles. The molecule has 1 aromatic heterocycles. The predicted octanol–water partition coefficient (Wildman–Crippen LogP) is -0.306. The molecular weight excluding hydrogens is 144 g/mol. The summed E-state index contributed by atoms with van der Waals surface area (Å²) in [5.74, 6) is 1.01. The van der Waals surface area contributed by atoms with Crippen molar-refractivity contribution < 1.29 is 4.79 Å². The Bertz CT molecular complexity index is 266. The van der Waals surface area contributed by atoms with Crippen LogP contribution in [0.25, 0.3) is 0 Å². The summed E-state index contributed by atoms with van der Waals surface area (Å²) in [4.78, 5) is 12.1. The summed E-state index contributed by atoms with van der Waals surface area (Å²) in [6, 6.07) is 0. The summed E-state index contributed by atoms with van der Waals surface area (Å²) >= 11 is 0. The number of carbonyl (C=O) groups is 1. The lowest BCUT2D eigenvalue weighted by Gasteiger charge is -2.09. The van der Waals surface area contributed by atoms with Gasteiger partial charge in [0.25, 0.3) is 0 Å². The van der Waals surface area contributed by atoms with E-state index in [-0.39, 0.29) is 0 Å². The summed E-state index contributed by atoms with van der Waals surface area (Å²) < 4.78 is 1.63. The molecule has 1 rings (SSSR count). The first-order chi connectivity index (χ1) is 5.16. The average molecular weight is 154 g/mol. The van der Waals surface area contributed by atoms with Crippen molar-refractivity contribution in [3.05, 3.63) is 5.82 Å². The predicted molar refractivity (Wildman–Crippen MR) is 40.7 cm³/mol. The van der Waals surface area contributed by atoms with Crippen molar-refractivity contribution in [2.75, 3.05) is 19.0 Å². The van der Waals surface area contributed by atoms with Crippen molar-refractivity contribution in [1.82, 2.24) is 14.8 Å². The van der Waals surface area contributed by atoms with E-state index in [1.54, 1.807) is 16.5 Å². The summed E-state index contributed by atoms with van der Waals surface area (Å²) in [6.45, 7) is 0. The van der Waals surface area contributed by atoms with Crippen molar-refractivity contribution in [3.8, 4) is 0 Å². The zero-order chi connectivity index (χ0) is 8.43. The number of hydrogen-bond acceptors (Lipinski definition) is 4. The molecule has 0 bridgehead atoms. The molecule has 0 aromatic carbocycles. The van der Waals surface area contributed by atoms with Crippen LogP contribution in [-0.2, 0) is 7.05 Å². The Morgan fingerprint density at radius 2 is 2.09 bits per heavy atom. The lowest BCUT2D eigenvalue weighted by atomic mass is 10.6. The highest BCUT2D eigenvalue weighted by Gasteiger charge is 2.07. The molecule has 60 valence electrons. The molecular formula is C6H10N4O. The van der Waals surface area contributed by atoms with Crippen molar-refractivity contribution in [2.45, 2.75) is 0 Å². The van der Waals surface area contributed by atoms with E-state index in [0.717, 1.165) is 0 Å². The van der Waals surface area contributed by atoms with Crippen LogP contribution in [0.15, 0.2) is 0 Å². The number of carbonyl (C=O) groups excluding carboxylic acids is 1. The number of aromatic nitrogens is 3. The molecule has 1 heterocycles. The van der Waals surface area contributed by atoms with Crippen LogP contribution in [0.4, 0.5) is 5.95 Å². The Morgan fingerprint density at radius 1 is 1.45 bits per heavy atom. The second-order valence-electron chi connectivity index (χ2n) is 2.43. The third-order valence-corrected chi connectivity index (χ3v) is 1.39. The molecule has 0 atom stereocenters. The molecule has 0 aliphatic rings. The topological polar surface area (TPSA) is 51.0 Å². The molecule has 0 amide bonds. The van der Waals surface area contributed by atoms with Crippen LogP contribution in [0, 0.1) is 0 Å². The average Bonchev–Trinajstić information content (AvgIpc) is 2.30. The van der Waals surface area contributed by atoms with Gasteiger partial charge in [-0.05, 0) is 0 Å².